The summed E-state index contributed by atoms with van der Waals surface area (Å²) in [5, 5.41) is 0.461. The molecule has 0 atom stereocenters. The molecule has 0 aliphatic rings. The van der Waals surface area contributed by atoms with E-state index < -0.39 is 0 Å². The molecule has 0 saturated heterocycles. The Hall–Kier alpha value is -2.00. The third kappa shape index (κ3) is 2.78. The summed E-state index contributed by atoms with van der Waals surface area (Å²) in [6.45, 7) is 4.37. The molecule has 1 amide bonds. The molecule has 0 aromatic heterocycles. The van der Waals surface area contributed by atoms with Gasteiger partial charge in [0, 0.05) is 6.54 Å². The van der Waals surface area contributed by atoms with E-state index in [1.807, 2.05) is 38.1 Å². The van der Waals surface area contributed by atoms with E-state index in [2.05, 4.69) is 0 Å². The normalized spacial score (nSPS) is 10.3. The fraction of sp³-hybridized carbons (Fsp3) is 0.188. The number of amides is 1. The van der Waals surface area contributed by atoms with E-state index in [4.69, 9.17) is 17.3 Å². The Kier molecular flexibility index (Phi) is 4.30. The van der Waals surface area contributed by atoms with E-state index in [0.29, 0.717) is 28.5 Å². The third-order valence-corrected chi connectivity index (χ3v) is 3.46. The molecule has 0 spiro atoms. The van der Waals surface area contributed by atoms with Crippen LogP contribution in [0.15, 0.2) is 42.5 Å². The lowest BCUT2D eigenvalue weighted by molar-refractivity contribution is 0.0988. The van der Waals surface area contributed by atoms with Crippen molar-refractivity contribution < 1.29 is 4.79 Å². The fourth-order valence-electron chi connectivity index (χ4n) is 2.10. The van der Waals surface area contributed by atoms with Crippen molar-refractivity contribution in [1.29, 1.82) is 0 Å². The molecule has 2 N–H and O–H groups in total. The van der Waals surface area contributed by atoms with Crippen molar-refractivity contribution >= 4 is 28.9 Å². The van der Waals surface area contributed by atoms with Crippen LogP contribution in [0.1, 0.15) is 22.8 Å². The van der Waals surface area contributed by atoms with Gasteiger partial charge >= 0.3 is 0 Å². The van der Waals surface area contributed by atoms with Crippen LogP contribution in [0.4, 0.5) is 11.4 Å². The van der Waals surface area contributed by atoms with Crippen molar-refractivity contribution in [2.45, 2.75) is 13.8 Å². The average Bonchev–Trinajstić information content (AvgIpc) is 2.41. The van der Waals surface area contributed by atoms with Crippen LogP contribution in [-0.4, -0.2) is 12.5 Å². The van der Waals surface area contributed by atoms with E-state index in [1.165, 1.54) is 0 Å². The molecule has 0 bridgehead atoms. The van der Waals surface area contributed by atoms with Crippen LogP contribution >= 0.6 is 11.6 Å². The molecule has 20 heavy (non-hydrogen) atoms. The highest BCUT2D eigenvalue weighted by molar-refractivity contribution is 6.34. The summed E-state index contributed by atoms with van der Waals surface area (Å²) in [4.78, 5) is 14.3. The van der Waals surface area contributed by atoms with Crippen LogP contribution in [0.5, 0.6) is 0 Å². The Morgan fingerprint density at radius 3 is 2.55 bits per heavy atom. The standard InChI is InChI=1S/C16H17ClN2O/c1-3-19(15-7-5-4-6-14(15)18)16(20)12-9-8-11(2)10-13(12)17/h4-10H,3,18H2,1-2H3. The Labute approximate surface area is 124 Å². The van der Waals surface area contributed by atoms with Crippen molar-refractivity contribution in [2.75, 3.05) is 17.2 Å². The number of aryl methyl sites for hydroxylation is 1. The first kappa shape index (κ1) is 14.4. The number of carbonyl (C=O) groups is 1. The summed E-state index contributed by atoms with van der Waals surface area (Å²) in [7, 11) is 0. The Morgan fingerprint density at radius 2 is 1.95 bits per heavy atom. The predicted molar refractivity (Wildman–Crippen MR) is 84.4 cm³/mol. The number of nitrogens with two attached hydrogens (primary N) is 1. The van der Waals surface area contributed by atoms with Gasteiger partial charge in [0.2, 0.25) is 0 Å². The summed E-state index contributed by atoms with van der Waals surface area (Å²) in [6.07, 6.45) is 0. The van der Waals surface area contributed by atoms with E-state index >= 15 is 0 Å². The van der Waals surface area contributed by atoms with Crippen molar-refractivity contribution in [3.8, 4) is 0 Å². The van der Waals surface area contributed by atoms with Gasteiger partial charge in [0.15, 0.2) is 0 Å². The summed E-state index contributed by atoms with van der Waals surface area (Å²) in [5.74, 6) is -0.143. The molecule has 0 radical (unpaired) electrons. The van der Waals surface area contributed by atoms with Crippen molar-refractivity contribution in [3.63, 3.8) is 0 Å². The van der Waals surface area contributed by atoms with Gasteiger partial charge in [-0.1, -0.05) is 29.8 Å². The number of hydrogen-bond acceptors (Lipinski definition) is 2. The first-order valence-electron chi connectivity index (χ1n) is 6.47. The van der Waals surface area contributed by atoms with Crippen LogP contribution in [0.25, 0.3) is 0 Å². The molecule has 104 valence electrons. The molecule has 0 heterocycles. The van der Waals surface area contributed by atoms with E-state index in [-0.39, 0.29) is 5.91 Å². The second-order valence-electron chi connectivity index (χ2n) is 4.59. The maximum atomic E-state index is 12.6. The quantitative estimate of drug-likeness (QED) is 0.871. The fourth-order valence-corrected chi connectivity index (χ4v) is 2.41. The average molecular weight is 289 g/mol. The SMILES string of the molecule is CCN(C(=O)c1ccc(C)cc1Cl)c1ccccc1N. The minimum absolute atomic E-state index is 0.143. The molecule has 0 saturated carbocycles. The number of benzene rings is 2. The van der Waals surface area contributed by atoms with Crippen LogP contribution < -0.4 is 10.6 Å². The summed E-state index contributed by atoms with van der Waals surface area (Å²) >= 11 is 6.17. The van der Waals surface area contributed by atoms with Crippen molar-refractivity contribution in [2.24, 2.45) is 0 Å². The molecule has 0 unspecified atom stereocenters. The molecule has 2 aromatic rings. The second kappa shape index (κ2) is 5.97. The topological polar surface area (TPSA) is 46.3 Å². The van der Waals surface area contributed by atoms with Gasteiger partial charge in [-0.3, -0.25) is 4.79 Å². The molecule has 0 fully saturated rings. The van der Waals surface area contributed by atoms with Gasteiger partial charge in [-0.15, -0.1) is 0 Å². The van der Waals surface area contributed by atoms with E-state index in [9.17, 15) is 4.79 Å². The minimum atomic E-state index is -0.143. The number of carbonyl (C=O) groups excluding carboxylic acids is 1. The van der Waals surface area contributed by atoms with Gasteiger partial charge in [0.25, 0.3) is 5.91 Å². The smallest absolute Gasteiger partial charge is 0.259 e. The molecule has 0 aliphatic heterocycles. The zero-order valence-corrected chi connectivity index (χ0v) is 12.3. The maximum absolute atomic E-state index is 12.6. The highest BCUT2D eigenvalue weighted by Gasteiger charge is 2.20. The number of nitrogens with zero attached hydrogens (tertiary/aromatic N) is 1. The van der Waals surface area contributed by atoms with Gasteiger partial charge in [-0.2, -0.15) is 0 Å². The van der Waals surface area contributed by atoms with Crippen LogP contribution in [0.3, 0.4) is 0 Å². The zero-order chi connectivity index (χ0) is 14.7. The summed E-state index contributed by atoms with van der Waals surface area (Å²) in [6, 6.07) is 12.7. The van der Waals surface area contributed by atoms with E-state index in [1.54, 1.807) is 23.1 Å². The van der Waals surface area contributed by atoms with Gasteiger partial charge in [0.1, 0.15) is 0 Å². The molecule has 3 nitrogen and oxygen atoms in total. The number of hydrogen-bond donors (Lipinski definition) is 1. The third-order valence-electron chi connectivity index (χ3n) is 3.14. The van der Waals surface area contributed by atoms with E-state index in [0.717, 1.165) is 5.56 Å². The molecule has 2 aromatic carbocycles. The number of anilines is 2. The lowest BCUT2D eigenvalue weighted by Crippen LogP contribution is -2.31. The van der Waals surface area contributed by atoms with Gasteiger partial charge in [-0.25, -0.2) is 0 Å². The highest BCUT2D eigenvalue weighted by atomic mass is 35.5. The lowest BCUT2D eigenvalue weighted by atomic mass is 10.1. The predicted octanol–water partition coefficient (Wildman–Crippen LogP) is 3.90. The first-order valence-corrected chi connectivity index (χ1v) is 6.85. The van der Waals surface area contributed by atoms with Gasteiger partial charge in [-0.05, 0) is 43.7 Å². The Balaban J connectivity index is 2.42. The zero-order valence-electron chi connectivity index (χ0n) is 11.6. The monoisotopic (exact) mass is 288 g/mol. The number of nitrogen functional groups attached to an aromatic ring is 1. The lowest BCUT2D eigenvalue weighted by Gasteiger charge is -2.23. The summed E-state index contributed by atoms with van der Waals surface area (Å²) in [5.41, 5.74) is 8.74. The molecular formula is C16H17ClN2O. The van der Waals surface area contributed by atoms with Gasteiger partial charge < -0.3 is 10.6 Å². The Morgan fingerprint density at radius 1 is 1.25 bits per heavy atom. The molecule has 4 heteroatoms. The van der Waals surface area contributed by atoms with Crippen LogP contribution in [-0.2, 0) is 0 Å². The first-order chi connectivity index (χ1) is 9.54. The summed E-state index contributed by atoms with van der Waals surface area (Å²) < 4.78 is 0. The number of para-hydroxylation sites is 2. The maximum Gasteiger partial charge on any atom is 0.259 e. The van der Waals surface area contributed by atoms with Crippen molar-refractivity contribution in [1.82, 2.24) is 0 Å². The number of rotatable bonds is 3. The van der Waals surface area contributed by atoms with Crippen molar-refractivity contribution in [3.05, 3.63) is 58.6 Å². The largest absolute Gasteiger partial charge is 0.397 e. The highest BCUT2D eigenvalue weighted by Crippen LogP contribution is 2.26. The Bertz CT molecular complexity index is 640. The van der Waals surface area contributed by atoms with Gasteiger partial charge in [0.05, 0.1) is 22.0 Å². The number of halogens is 1. The second-order valence-corrected chi connectivity index (χ2v) is 5.00. The van der Waals surface area contributed by atoms with Crippen LogP contribution in [0, 0.1) is 6.92 Å². The minimum Gasteiger partial charge on any atom is -0.397 e. The molecular weight excluding hydrogens is 272 g/mol. The molecule has 2 rings (SSSR count). The van der Waals surface area contributed by atoms with Crippen LogP contribution in [0.2, 0.25) is 5.02 Å². The molecule has 0 aliphatic carbocycles.